The summed E-state index contributed by atoms with van der Waals surface area (Å²) in [6, 6.07) is 0. The van der Waals surface area contributed by atoms with Gasteiger partial charge in [0.25, 0.3) is 0 Å². The van der Waals surface area contributed by atoms with Gasteiger partial charge < -0.3 is 98.3 Å². The van der Waals surface area contributed by atoms with Gasteiger partial charge in [0.05, 0.1) is 47.5 Å². The Hall–Kier alpha value is -6.67. The van der Waals surface area contributed by atoms with Crippen molar-refractivity contribution in [3.63, 3.8) is 0 Å². The fraction of sp³-hybridized carbons (Fsp3) is 0.831. The molecule has 7 N–H and O–H groups in total. The SMILES string of the molecule is C#CCC1(O)CCN(C(=O)OC(C)(C)C)CC1.CC(C)(C)OC(=O)N1CCC(=O)CC1.CC(C)(C)OC(=O)N1CCC(O)(CC#C[Si](C)(C)C)CC1.CC(C)(C)OC(=O)N1CCC(O)(CC(=O)O)CC1.CC(C)(C)OC(=O)N1CCC(O)(CCO)CC1.CCOC(=O)CC1(O)CCN(C(=O)OC(C)(C)C)CC1. The smallest absolute Gasteiger partial charge is 0.410 e. The number of carbonyl (C=O) groups excluding carboxylic acids is 8. The normalized spacial score (nSPS) is 19.1. The summed E-state index contributed by atoms with van der Waals surface area (Å²) in [5, 5.41) is 68.6. The average molecular weight is 1540 g/mol. The number of terminal acetylenes is 1. The van der Waals surface area contributed by atoms with E-state index < -0.39 is 87.7 Å². The number of ether oxygens (including phenoxy) is 7. The monoisotopic (exact) mass is 1540 g/mol. The van der Waals surface area contributed by atoms with Gasteiger partial charge >= 0.3 is 48.5 Å². The summed E-state index contributed by atoms with van der Waals surface area (Å²) in [6.45, 7) is 46.8. The molecule has 29 nitrogen and oxygen atoms in total. The summed E-state index contributed by atoms with van der Waals surface area (Å²) in [4.78, 5) is 113. The second kappa shape index (κ2) is 41.9. The molecule has 0 aromatic rings. The molecule has 6 heterocycles. The number of carboxylic acid groups (broad SMARTS) is 1. The standard InChI is InChI=1S/C16H29NO3Si.C14H25NO5.C13H21NO3.C12H21NO5.C12H23NO4.C10H17NO3/c1-15(2,3)20-14(18)17-11-9-16(19,10-12-17)8-7-13-21(4,5)6;1-5-19-11(16)10-14(18)6-8-15(9-7-14)12(17)20-13(2,3)4;1-5-6-13(16)7-9-14(10-8-13)11(15)17-12(2,3)4;1-11(2,3)18-10(16)13-6-4-12(17,5-7-13)8-9(14)15;1-11(2,3)17-10(15)13-7-4-12(16,5-8-13)6-9-14;1-10(2,3)14-9(13)11-6-4-8(12)5-7-11/h19H,8-12H2,1-6H3;18H,5-10H2,1-4H3;1,16H,6-10H2,2-4H3;17H,4-8H2,1-3H3,(H,14,15);14,16H,4-9H2,1-3H3;4-7H2,1-3H3. The molecule has 6 rings (SSSR count). The number of likely N-dealkylation sites (tertiary alicyclic amines) is 6. The molecular formula is C77H136N6O23Si. The van der Waals surface area contributed by atoms with Gasteiger partial charge in [0.1, 0.15) is 47.5 Å². The van der Waals surface area contributed by atoms with Crippen LogP contribution in [-0.4, -0.2) is 281 Å². The third-order valence-corrected chi connectivity index (χ3v) is 17.8. The van der Waals surface area contributed by atoms with Crippen LogP contribution in [0.1, 0.15) is 241 Å². The Morgan fingerprint density at radius 3 is 0.888 bits per heavy atom. The number of amides is 6. The summed E-state index contributed by atoms with van der Waals surface area (Å²) in [5.74, 6) is 4.42. The van der Waals surface area contributed by atoms with Crippen molar-refractivity contribution in [2.75, 3.05) is 91.8 Å². The number of piperidine rings is 6. The van der Waals surface area contributed by atoms with E-state index in [1.165, 1.54) is 4.90 Å². The molecule has 0 aromatic heterocycles. The van der Waals surface area contributed by atoms with Gasteiger partial charge in [-0.3, -0.25) is 14.4 Å². The number of hydrogen-bond donors (Lipinski definition) is 7. The second-order valence-electron chi connectivity index (χ2n) is 35.6. The predicted molar refractivity (Wildman–Crippen MR) is 406 cm³/mol. The Labute approximate surface area is 638 Å². The van der Waals surface area contributed by atoms with Gasteiger partial charge in [-0.15, -0.1) is 23.8 Å². The number of aliphatic hydroxyl groups is 6. The van der Waals surface area contributed by atoms with Crippen LogP contribution in [0.3, 0.4) is 0 Å². The summed E-state index contributed by atoms with van der Waals surface area (Å²) >= 11 is 0. The fourth-order valence-corrected chi connectivity index (χ4v) is 11.6. The highest BCUT2D eigenvalue weighted by atomic mass is 28.3. The third kappa shape index (κ3) is 43.9. The number of carbonyl (C=O) groups is 9. The maximum atomic E-state index is 12.0. The van der Waals surface area contributed by atoms with Crippen LogP contribution in [0.2, 0.25) is 19.6 Å². The minimum atomic E-state index is -1.39. The molecule has 0 radical (unpaired) electrons. The quantitative estimate of drug-likeness (QED) is 0.0488. The van der Waals surface area contributed by atoms with Gasteiger partial charge in [-0.25, -0.2) is 28.8 Å². The number of aliphatic hydroxyl groups excluding tert-OH is 1. The molecular weight excluding hydrogens is 1400 g/mol. The molecule has 6 fully saturated rings. The van der Waals surface area contributed by atoms with Gasteiger partial charge in [-0.05, 0) is 202 Å². The first kappa shape index (κ1) is 98.3. The van der Waals surface area contributed by atoms with E-state index >= 15 is 0 Å². The first-order valence-corrected chi connectivity index (χ1v) is 41.0. The Balaban J connectivity index is 0.000000644. The molecule has 0 atom stereocenters. The van der Waals surface area contributed by atoms with E-state index in [4.69, 9.17) is 49.8 Å². The molecule has 107 heavy (non-hydrogen) atoms. The van der Waals surface area contributed by atoms with E-state index in [0.717, 1.165) is 0 Å². The first-order chi connectivity index (χ1) is 48.6. The van der Waals surface area contributed by atoms with Crippen molar-refractivity contribution in [1.82, 2.24) is 29.4 Å². The zero-order valence-corrected chi connectivity index (χ0v) is 69.8. The van der Waals surface area contributed by atoms with Crippen LogP contribution in [0.5, 0.6) is 0 Å². The van der Waals surface area contributed by atoms with Gasteiger partial charge in [-0.1, -0.05) is 19.6 Å². The minimum absolute atomic E-state index is 0.0248. The molecule has 0 unspecified atom stereocenters. The van der Waals surface area contributed by atoms with E-state index in [9.17, 15) is 68.7 Å². The lowest BCUT2D eigenvalue weighted by atomic mass is 9.88. The Kier molecular flexibility index (Phi) is 38.5. The Bertz CT molecular complexity index is 2940. The maximum Gasteiger partial charge on any atom is 0.410 e. The van der Waals surface area contributed by atoms with Crippen molar-refractivity contribution in [1.29, 1.82) is 0 Å². The molecule has 0 saturated carbocycles. The third-order valence-electron chi connectivity index (χ3n) is 16.9. The van der Waals surface area contributed by atoms with Gasteiger partial charge in [0.2, 0.25) is 0 Å². The van der Waals surface area contributed by atoms with Crippen molar-refractivity contribution in [2.24, 2.45) is 0 Å². The molecule has 616 valence electrons. The highest BCUT2D eigenvalue weighted by molar-refractivity contribution is 6.83. The van der Waals surface area contributed by atoms with E-state index in [1.807, 2.05) is 104 Å². The van der Waals surface area contributed by atoms with Gasteiger partial charge in [0, 0.05) is 111 Å². The number of rotatable bonds is 9. The molecule has 0 aliphatic carbocycles. The molecule has 6 aliphatic heterocycles. The van der Waals surface area contributed by atoms with Crippen LogP contribution in [0.4, 0.5) is 28.8 Å². The highest BCUT2D eigenvalue weighted by Gasteiger charge is 2.41. The Morgan fingerprint density at radius 1 is 0.411 bits per heavy atom. The van der Waals surface area contributed by atoms with Crippen molar-refractivity contribution in [3.8, 4) is 23.8 Å². The minimum Gasteiger partial charge on any atom is -0.481 e. The van der Waals surface area contributed by atoms with Crippen molar-refractivity contribution in [3.05, 3.63) is 0 Å². The molecule has 6 saturated heterocycles. The summed E-state index contributed by atoms with van der Waals surface area (Å²) in [5.41, 5.74) is -4.39. The molecule has 0 spiro atoms. The zero-order chi connectivity index (χ0) is 82.7. The Morgan fingerprint density at radius 2 is 0.654 bits per heavy atom. The van der Waals surface area contributed by atoms with Gasteiger partial charge in [-0.2, -0.15) is 0 Å². The van der Waals surface area contributed by atoms with E-state index in [-0.39, 0.29) is 68.5 Å². The molecule has 0 aromatic carbocycles. The predicted octanol–water partition coefficient (Wildman–Crippen LogP) is 10.4. The highest BCUT2D eigenvalue weighted by Crippen LogP contribution is 2.32. The number of aliphatic carboxylic acids is 1. The van der Waals surface area contributed by atoms with Crippen molar-refractivity contribution >= 4 is 62.4 Å². The van der Waals surface area contributed by atoms with E-state index in [2.05, 4.69) is 37.0 Å². The topological polar surface area (TPSA) is 379 Å². The first-order valence-electron chi connectivity index (χ1n) is 37.5. The lowest BCUT2D eigenvalue weighted by Gasteiger charge is -2.38. The number of ketones is 1. The maximum absolute atomic E-state index is 12.0. The van der Waals surface area contributed by atoms with Crippen LogP contribution in [0.15, 0.2) is 0 Å². The summed E-state index contributed by atoms with van der Waals surface area (Å²) in [7, 11) is -1.39. The number of Topliss-reactive ketones (excluding diaryl/α,β-unsaturated/α-hetero) is 1. The number of esters is 1. The lowest BCUT2D eigenvalue weighted by molar-refractivity contribution is -0.150. The summed E-state index contributed by atoms with van der Waals surface area (Å²) < 4.78 is 36.4. The van der Waals surface area contributed by atoms with E-state index in [1.54, 1.807) is 52.2 Å². The van der Waals surface area contributed by atoms with Crippen LogP contribution in [-0.2, 0) is 47.5 Å². The van der Waals surface area contributed by atoms with Crippen LogP contribution in [0, 0.1) is 23.8 Å². The number of hydrogen-bond acceptors (Lipinski definition) is 22. The van der Waals surface area contributed by atoms with Crippen LogP contribution >= 0.6 is 0 Å². The zero-order valence-electron chi connectivity index (χ0n) is 68.8. The summed E-state index contributed by atoms with van der Waals surface area (Å²) in [6.07, 6.45) is 9.33. The molecule has 6 aliphatic rings. The van der Waals surface area contributed by atoms with Crippen LogP contribution in [0.25, 0.3) is 0 Å². The largest absolute Gasteiger partial charge is 0.481 e. The number of nitrogens with zero attached hydrogens (tertiary/aromatic N) is 6. The molecule has 6 amide bonds. The van der Waals surface area contributed by atoms with Crippen molar-refractivity contribution in [2.45, 2.75) is 322 Å². The molecule has 0 bridgehead atoms. The lowest BCUT2D eigenvalue weighted by Crippen LogP contribution is -2.49. The van der Waals surface area contributed by atoms with Gasteiger partial charge in [0.15, 0.2) is 0 Å². The van der Waals surface area contributed by atoms with Crippen LogP contribution < -0.4 is 0 Å². The molecule has 30 heteroatoms. The average Bonchev–Trinajstić information content (AvgIpc) is 0.850. The van der Waals surface area contributed by atoms with E-state index in [0.29, 0.717) is 169 Å². The van der Waals surface area contributed by atoms with Crippen molar-refractivity contribution < 1.29 is 112 Å². The second-order valence-corrected chi connectivity index (χ2v) is 40.4. The number of carboxylic acids is 1. The fourth-order valence-electron chi connectivity index (χ4n) is 11.0.